The Morgan fingerprint density at radius 2 is 1.50 bits per heavy atom. The summed E-state index contributed by atoms with van der Waals surface area (Å²) in [5.41, 5.74) is -1.26. The van der Waals surface area contributed by atoms with Crippen molar-refractivity contribution in [3.8, 4) is 5.75 Å². The van der Waals surface area contributed by atoms with E-state index >= 15 is 0 Å². The molecule has 0 amide bonds. The van der Waals surface area contributed by atoms with Crippen LogP contribution in [0.4, 0.5) is 17.1 Å². The van der Waals surface area contributed by atoms with Crippen molar-refractivity contribution in [2.45, 2.75) is 6.92 Å². The Labute approximate surface area is 235 Å². The van der Waals surface area contributed by atoms with Gasteiger partial charge in [0.05, 0.1) is 52.3 Å². The smallest absolute Gasteiger partial charge is 0.336 e. The van der Waals surface area contributed by atoms with Crippen molar-refractivity contribution in [2.75, 3.05) is 39.5 Å². The van der Waals surface area contributed by atoms with Crippen LogP contribution in [0.15, 0.2) is 52.7 Å². The Bertz CT molecular complexity index is 1310. The zero-order valence-corrected chi connectivity index (χ0v) is 22.7. The first-order valence-electron chi connectivity index (χ1n) is 11.7. The number of non-ortho nitro benzene ring substituents is 1. The van der Waals surface area contributed by atoms with E-state index < -0.39 is 37.6 Å². The average molecular weight is 593 g/mol. The molecular weight excluding hydrogens is 568 g/mol. The first-order chi connectivity index (χ1) is 19.1. The lowest BCUT2D eigenvalue weighted by molar-refractivity contribution is -0.404. The number of benzene rings is 1. The van der Waals surface area contributed by atoms with E-state index in [1.165, 1.54) is 0 Å². The van der Waals surface area contributed by atoms with E-state index in [1.54, 1.807) is 22.7 Å². The van der Waals surface area contributed by atoms with Gasteiger partial charge < -0.3 is 14.6 Å². The first kappa shape index (κ1) is 30.3. The van der Waals surface area contributed by atoms with Crippen LogP contribution in [-0.4, -0.2) is 70.2 Å². The molecule has 1 saturated heterocycles. The zero-order valence-electron chi connectivity index (χ0n) is 21.1. The molecule has 16 heteroatoms. The van der Waals surface area contributed by atoms with Crippen molar-refractivity contribution in [1.29, 1.82) is 0 Å². The zero-order chi connectivity index (χ0) is 29.2. The Balaban J connectivity index is 0.000000241. The summed E-state index contributed by atoms with van der Waals surface area (Å²) in [6, 6.07) is 9.07. The average Bonchev–Trinajstić information content (AvgIpc) is 3.65. The third-order valence-corrected chi connectivity index (χ3v) is 7.28. The highest BCUT2D eigenvalue weighted by atomic mass is 32.1. The second kappa shape index (κ2) is 14.2. The molecule has 2 aromatic heterocycles. The van der Waals surface area contributed by atoms with Gasteiger partial charge in [-0.2, -0.15) is 0 Å². The number of nitro groups is 3. The molecule has 1 aromatic carbocycles. The number of hydrogen-bond donors (Lipinski definition) is 1. The van der Waals surface area contributed by atoms with Gasteiger partial charge in [-0.05, 0) is 29.8 Å². The van der Waals surface area contributed by atoms with Crippen LogP contribution >= 0.6 is 22.7 Å². The topological polar surface area (TPSA) is 188 Å². The molecule has 0 unspecified atom stereocenters. The maximum Gasteiger partial charge on any atom is 0.336 e. The molecule has 0 radical (unpaired) electrons. The molecule has 4 rings (SSSR count). The van der Waals surface area contributed by atoms with Gasteiger partial charge >= 0.3 is 17.3 Å². The minimum atomic E-state index is -1.21. The molecule has 0 spiro atoms. The maximum atomic E-state index is 12.7. The predicted octanol–water partition coefficient (Wildman–Crippen LogP) is 4.62. The summed E-state index contributed by atoms with van der Waals surface area (Å²) in [6.45, 7) is 5.92. The van der Waals surface area contributed by atoms with Crippen LogP contribution in [0.1, 0.15) is 16.7 Å². The van der Waals surface area contributed by atoms with Gasteiger partial charge in [0.15, 0.2) is 0 Å². The molecule has 0 saturated carbocycles. The number of carbonyl (C=O) groups excluding carboxylic acids is 1. The summed E-state index contributed by atoms with van der Waals surface area (Å²) in [7, 11) is 0. The van der Waals surface area contributed by atoms with Gasteiger partial charge in [-0.1, -0.05) is 12.1 Å². The van der Waals surface area contributed by atoms with Crippen molar-refractivity contribution in [3.63, 3.8) is 0 Å². The number of carbonyl (C=O) groups is 1. The molecule has 40 heavy (non-hydrogen) atoms. The number of phenolic OH excluding ortho intramolecular Hbond substituents is 1. The molecule has 0 atom stereocenters. The lowest BCUT2D eigenvalue weighted by Crippen LogP contribution is -2.38. The number of morpholine rings is 1. The van der Waals surface area contributed by atoms with Gasteiger partial charge in [-0.15, -0.1) is 22.7 Å². The fraction of sp³-hybridized carbons (Fsp3) is 0.292. The Morgan fingerprint density at radius 3 is 1.90 bits per heavy atom. The minimum absolute atomic E-state index is 0.221. The molecule has 212 valence electrons. The molecule has 1 aliphatic heterocycles. The number of phenols is 1. The number of nitrogens with zero attached hydrogens (tertiary/aromatic N) is 4. The van der Waals surface area contributed by atoms with Gasteiger partial charge in [0.1, 0.15) is 0 Å². The monoisotopic (exact) mass is 592 g/mol. The van der Waals surface area contributed by atoms with Crippen LogP contribution in [0, 0.1) is 30.3 Å². The van der Waals surface area contributed by atoms with Gasteiger partial charge in [0.25, 0.3) is 11.4 Å². The molecule has 3 aromatic rings. The van der Waals surface area contributed by atoms with E-state index in [4.69, 9.17) is 14.6 Å². The fourth-order valence-corrected chi connectivity index (χ4v) is 5.37. The fourth-order valence-electron chi connectivity index (χ4n) is 3.68. The number of aromatic hydroxyl groups is 1. The second-order valence-corrected chi connectivity index (χ2v) is 9.92. The van der Waals surface area contributed by atoms with E-state index in [-0.39, 0.29) is 5.97 Å². The van der Waals surface area contributed by atoms with Gasteiger partial charge in [-0.25, -0.2) is 4.79 Å². The second-order valence-electron chi connectivity index (χ2n) is 8.02. The minimum Gasteiger partial charge on any atom is -0.497 e. The summed E-state index contributed by atoms with van der Waals surface area (Å²) in [4.78, 5) is 45.0. The van der Waals surface area contributed by atoms with Crippen LogP contribution < -0.4 is 0 Å². The van der Waals surface area contributed by atoms with Crippen molar-refractivity contribution >= 4 is 51.3 Å². The van der Waals surface area contributed by atoms with Crippen LogP contribution in [-0.2, 0) is 14.3 Å². The number of thiophene rings is 2. The van der Waals surface area contributed by atoms with Crippen molar-refractivity contribution in [1.82, 2.24) is 4.90 Å². The van der Waals surface area contributed by atoms with Crippen molar-refractivity contribution < 1.29 is 34.1 Å². The highest BCUT2D eigenvalue weighted by molar-refractivity contribution is 7.13. The number of hydrogen-bond acceptors (Lipinski definition) is 13. The SMILES string of the molecule is CCOC(=O)C(CN1CCOCC1)=C(c1cccs1)c1cccs1.O=[N+]([O-])c1cc([N+](=O)[O-])c(O)c([N+](=O)[O-])c1. The Hall–Kier alpha value is -4.25. The molecule has 1 fully saturated rings. The summed E-state index contributed by atoms with van der Waals surface area (Å²) in [5.74, 6) is -1.43. The van der Waals surface area contributed by atoms with Gasteiger partial charge in [0, 0.05) is 35.0 Å². The number of esters is 1. The summed E-state index contributed by atoms with van der Waals surface area (Å²) in [6.07, 6.45) is 0. The van der Waals surface area contributed by atoms with E-state index in [0.717, 1.165) is 34.0 Å². The van der Waals surface area contributed by atoms with E-state index in [9.17, 15) is 35.1 Å². The summed E-state index contributed by atoms with van der Waals surface area (Å²) >= 11 is 3.31. The summed E-state index contributed by atoms with van der Waals surface area (Å²) in [5, 5.41) is 44.3. The van der Waals surface area contributed by atoms with Gasteiger partial charge in [0.2, 0.25) is 0 Å². The molecule has 0 aliphatic carbocycles. The lowest BCUT2D eigenvalue weighted by atomic mass is 10.0. The first-order valence-corrected chi connectivity index (χ1v) is 13.5. The number of nitro benzene ring substituents is 3. The van der Waals surface area contributed by atoms with Crippen LogP contribution in [0.5, 0.6) is 5.75 Å². The van der Waals surface area contributed by atoms with Crippen molar-refractivity contribution in [2.24, 2.45) is 0 Å². The Morgan fingerprint density at radius 1 is 0.975 bits per heavy atom. The molecule has 0 bridgehead atoms. The molecule has 14 nitrogen and oxygen atoms in total. The van der Waals surface area contributed by atoms with E-state index in [0.29, 0.717) is 38.5 Å². The number of ether oxygens (including phenoxy) is 2. The summed E-state index contributed by atoms with van der Waals surface area (Å²) < 4.78 is 10.8. The standard InChI is InChI=1S/C18H21NO3S2.C6H3N3O7/c1-2-22-18(20)14(13-19-7-9-21-10-8-19)17(15-5-3-11-23-15)16-6-4-12-24-16;10-6-4(8(13)14)1-3(7(11)12)2-5(6)9(15)16/h3-6,11-12H,2,7-10,13H2,1H3;1-2,10H. The highest BCUT2D eigenvalue weighted by Gasteiger charge is 2.30. The predicted molar refractivity (Wildman–Crippen MR) is 147 cm³/mol. The maximum absolute atomic E-state index is 12.7. The number of rotatable bonds is 9. The largest absolute Gasteiger partial charge is 0.497 e. The van der Waals surface area contributed by atoms with Crippen LogP contribution in [0.25, 0.3) is 5.57 Å². The van der Waals surface area contributed by atoms with Crippen LogP contribution in [0.3, 0.4) is 0 Å². The Kier molecular flexibility index (Phi) is 10.8. The third kappa shape index (κ3) is 7.66. The van der Waals surface area contributed by atoms with Crippen molar-refractivity contribution in [3.05, 3.63) is 92.8 Å². The quantitative estimate of drug-likeness (QED) is 0.158. The lowest BCUT2D eigenvalue weighted by Gasteiger charge is -2.28. The molecule has 3 heterocycles. The van der Waals surface area contributed by atoms with E-state index in [2.05, 4.69) is 17.0 Å². The van der Waals surface area contributed by atoms with E-state index in [1.807, 2.05) is 29.8 Å². The molecular formula is C24H24N4O10S2. The highest BCUT2D eigenvalue weighted by Crippen LogP contribution is 2.39. The molecule has 1 N–H and O–H groups in total. The molecule has 1 aliphatic rings. The third-order valence-electron chi connectivity index (χ3n) is 5.50. The normalized spacial score (nSPS) is 13.0. The van der Waals surface area contributed by atoms with Gasteiger partial charge in [-0.3, -0.25) is 35.2 Å². The van der Waals surface area contributed by atoms with Crippen LogP contribution in [0.2, 0.25) is 0 Å².